The molecule has 0 radical (unpaired) electrons. The van der Waals surface area contributed by atoms with Gasteiger partial charge in [-0.15, -0.1) is 0 Å². The quantitative estimate of drug-likeness (QED) is 0.861. The third-order valence-electron chi connectivity index (χ3n) is 2.67. The lowest BCUT2D eigenvalue weighted by Crippen LogP contribution is -2.36. The summed E-state index contributed by atoms with van der Waals surface area (Å²) in [6.07, 6.45) is -4.68. The lowest BCUT2D eigenvalue weighted by Gasteiger charge is -2.18. The maximum absolute atomic E-state index is 12.3. The molecule has 7 nitrogen and oxygen atoms in total. The van der Waals surface area contributed by atoms with Crippen LogP contribution in [0.5, 0.6) is 0 Å². The first-order valence-electron chi connectivity index (χ1n) is 5.65. The third-order valence-corrected chi connectivity index (χ3v) is 4.73. The number of rotatable bonds is 5. The molecule has 0 saturated heterocycles. The smallest absolute Gasteiger partial charge is 0.402 e. The van der Waals surface area contributed by atoms with Gasteiger partial charge in [0.15, 0.2) is 0 Å². The number of hydrogen-bond donors (Lipinski definition) is 1. The highest BCUT2D eigenvalue weighted by molar-refractivity contribution is 7.89. The van der Waals surface area contributed by atoms with E-state index in [1.165, 1.54) is 13.8 Å². The maximum Gasteiger partial charge on any atom is 0.402 e. The number of carbonyl (C=O) groups is 1. The summed E-state index contributed by atoms with van der Waals surface area (Å²) < 4.78 is 62.4. The molecule has 1 N–H and O–H groups in total. The minimum Gasteiger partial charge on any atom is -0.480 e. The fourth-order valence-corrected chi connectivity index (χ4v) is 3.35. The van der Waals surface area contributed by atoms with Crippen LogP contribution in [0.2, 0.25) is 0 Å². The Kier molecular flexibility index (Phi) is 4.68. The van der Waals surface area contributed by atoms with E-state index in [-0.39, 0.29) is 15.7 Å². The van der Waals surface area contributed by atoms with Crippen molar-refractivity contribution in [1.29, 1.82) is 0 Å². The summed E-state index contributed by atoms with van der Waals surface area (Å²) in [5.74, 6) is -1.24. The second kappa shape index (κ2) is 5.64. The molecule has 1 rings (SSSR count). The van der Waals surface area contributed by atoms with Crippen LogP contribution in [0.25, 0.3) is 0 Å². The molecule has 0 fully saturated rings. The van der Waals surface area contributed by atoms with Gasteiger partial charge < -0.3 is 5.11 Å². The van der Waals surface area contributed by atoms with Crippen molar-refractivity contribution in [1.82, 2.24) is 14.1 Å². The number of carboxylic acids is 1. The average Bonchev–Trinajstić information content (AvgIpc) is 2.50. The van der Waals surface area contributed by atoms with Crippen molar-refractivity contribution in [2.24, 2.45) is 0 Å². The molecule has 0 aromatic carbocycles. The molecule has 0 aliphatic heterocycles. The van der Waals surface area contributed by atoms with Crippen LogP contribution in [0.3, 0.4) is 0 Å². The van der Waals surface area contributed by atoms with E-state index in [4.69, 9.17) is 5.11 Å². The average molecular weight is 329 g/mol. The number of halogens is 3. The fourth-order valence-electron chi connectivity index (χ4n) is 1.83. The van der Waals surface area contributed by atoms with Crippen LogP contribution in [0, 0.1) is 13.8 Å². The number of hydrogen-bond acceptors (Lipinski definition) is 4. The highest BCUT2D eigenvalue weighted by atomic mass is 32.2. The monoisotopic (exact) mass is 329 g/mol. The lowest BCUT2D eigenvalue weighted by atomic mass is 10.4. The first kappa shape index (κ1) is 17.4. The standard InChI is InChI=1S/C10H14F3N3O4S/c1-6-9(7(2)16(14-6)4-8(17)18)21(19,20)15(3)5-10(11,12)13/h4-5H2,1-3H3,(H,17,18). The van der Waals surface area contributed by atoms with Crippen molar-refractivity contribution in [3.05, 3.63) is 11.4 Å². The number of aromatic nitrogens is 2. The first-order valence-corrected chi connectivity index (χ1v) is 7.09. The second-order valence-electron chi connectivity index (χ2n) is 4.43. The van der Waals surface area contributed by atoms with Gasteiger partial charge in [0, 0.05) is 7.05 Å². The summed E-state index contributed by atoms with van der Waals surface area (Å²) in [4.78, 5) is 10.2. The summed E-state index contributed by atoms with van der Waals surface area (Å²) in [7, 11) is -3.61. The summed E-state index contributed by atoms with van der Waals surface area (Å²) in [6, 6.07) is 0. The number of carboxylic acid groups (broad SMARTS) is 1. The molecule has 0 aliphatic rings. The molecule has 0 spiro atoms. The Balaban J connectivity index is 3.26. The van der Waals surface area contributed by atoms with Crippen molar-refractivity contribution < 1.29 is 31.5 Å². The molecule has 0 atom stereocenters. The predicted molar refractivity (Wildman–Crippen MR) is 65.2 cm³/mol. The molecule has 1 heterocycles. The number of aryl methyl sites for hydroxylation is 1. The SMILES string of the molecule is Cc1nn(CC(=O)O)c(C)c1S(=O)(=O)N(C)CC(F)(F)F. The van der Waals surface area contributed by atoms with E-state index >= 15 is 0 Å². The molecule has 0 bridgehead atoms. The van der Waals surface area contributed by atoms with Gasteiger partial charge >= 0.3 is 12.1 Å². The largest absolute Gasteiger partial charge is 0.480 e. The van der Waals surface area contributed by atoms with Crippen LogP contribution in [-0.4, -0.2) is 53.3 Å². The molecule has 0 amide bonds. The number of sulfonamides is 1. The molecule has 1 aromatic rings. The zero-order valence-electron chi connectivity index (χ0n) is 11.5. The van der Waals surface area contributed by atoms with Gasteiger partial charge in [-0.3, -0.25) is 9.48 Å². The van der Waals surface area contributed by atoms with Crippen LogP contribution in [0.15, 0.2) is 4.90 Å². The molecule has 0 aliphatic carbocycles. The Morgan fingerprint density at radius 2 is 1.90 bits per heavy atom. The van der Waals surface area contributed by atoms with Gasteiger partial charge in [-0.05, 0) is 13.8 Å². The highest BCUT2D eigenvalue weighted by Gasteiger charge is 2.37. The summed E-state index contributed by atoms with van der Waals surface area (Å²) >= 11 is 0. The van der Waals surface area contributed by atoms with Gasteiger partial charge in [-0.1, -0.05) is 0 Å². The van der Waals surface area contributed by atoms with E-state index in [0.717, 1.165) is 11.7 Å². The Hall–Kier alpha value is -1.62. The Morgan fingerprint density at radius 1 is 1.38 bits per heavy atom. The van der Waals surface area contributed by atoms with E-state index in [9.17, 15) is 26.4 Å². The van der Waals surface area contributed by atoms with Crippen molar-refractivity contribution in [3.8, 4) is 0 Å². The van der Waals surface area contributed by atoms with Gasteiger partial charge in [-0.25, -0.2) is 8.42 Å². The molecule has 21 heavy (non-hydrogen) atoms. The first-order chi connectivity index (χ1) is 9.36. The fraction of sp³-hybridized carbons (Fsp3) is 0.600. The zero-order chi connectivity index (χ0) is 16.6. The molecular formula is C10H14F3N3O4S. The molecule has 0 saturated carbocycles. The minimum atomic E-state index is -4.68. The normalized spacial score (nSPS) is 12.9. The van der Waals surface area contributed by atoms with Gasteiger partial charge in [-0.2, -0.15) is 22.6 Å². The molecule has 11 heteroatoms. The van der Waals surface area contributed by atoms with Crippen molar-refractivity contribution in [3.63, 3.8) is 0 Å². The Bertz CT molecular complexity index is 651. The van der Waals surface area contributed by atoms with Crippen molar-refractivity contribution >= 4 is 16.0 Å². The van der Waals surface area contributed by atoms with Crippen LogP contribution in [-0.2, 0) is 21.4 Å². The van der Waals surface area contributed by atoms with Gasteiger partial charge in [0.05, 0.1) is 11.4 Å². The van der Waals surface area contributed by atoms with E-state index in [1.807, 2.05) is 0 Å². The third kappa shape index (κ3) is 3.94. The zero-order valence-corrected chi connectivity index (χ0v) is 12.3. The Labute approximate surface area is 119 Å². The molecule has 120 valence electrons. The van der Waals surface area contributed by atoms with Crippen LogP contribution in [0.4, 0.5) is 13.2 Å². The summed E-state index contributed by atoms with van der Waals surface area (Å²) in [6.45, 7) is 0.362. The molecular weight excluding hydrogens is 315 g/mol. The van der Waals surface area contributed by atoms with E-state index in [1.54, 1.807) is 0 Å². The Morgan fingerprint density at radius 3 is 2.33 bits per heavy atom. The van der Waals surface area contributed by atoms with Crippen LogP contribution >= 0.6 is 0 Å². The van der Waals surface area contributed by atoms with E-state index in [2.05, 4.69) is 5.10 Å². The molecule has 1 aromatic heterocycles. The van der Waals surface area contributed by atoms with Gasteiger partial charge in [0.1, 0.15) is 18.0 Å². The van der Waals surface area contributed by atoms with Gasteiger partial charge in [0.25, 0.3) is 0 Å². The lowest BCUT2D eigenvalue weighted by molar-refractivity contribution is -0.138. The highest BCUT2D eigenvalue weighted by Crippen LogP contribution is 2.25. The number of alkyl halides is 3. The molecule has 0 unspecified atom stereocenters. The van der Waals surface area contributed by atoms with Gasteiger partial charge in [0.2, 0.25) is 10.0 Å². The maximum atomic E-state index is 12.3. The van der Waals surface area contributed by atoms with Crippen molar-refractivity contribution in [2.75, 3.05) is 13.6 Å². The van der Waals surface area contributed by atoms with Crippen LogP contribution in [0.1, 0.15) is 11.4 Å². The number of nitrogens with zero attached hydrogens (tertiary/aromatic N) is 3. The van der Waals surface area contributed by atoms with Crippen molar-refractivity contribution in [2.45, 2.75) is 31.5 Å². The minimum absolute atomic E-state index is 0.0241. The van der Waals surface area contributed by atoms with Crippen LogP contribution < -0.4 is 0 Å². The topological polar surface area (TPSA) is 92.5 Å². The number of aliphatic carboxylic acids is 1. The summed E-state index contributed by atoms with van der Waals surface area (Å²) in [5, 5.41) is 12.4. The predicted octanol–water partition coefficient (Wildman–Crippen LogP) is 0.767. The summed E-state index contributed by atoms with van der Waals surface area (Å²) in [5.41, 5.74) is -0.0771. The van der Waals surface area contributed by atoms with E-state index in [0.29, 0.717) is 0 Å². The second-order valence-corrected chi connectivity index (χ2v) is 6.41. The van der Waals surface area contributed by atoms with E-state index < -0.39 is 40.2 Å².